The molecule has 0 aromatic carbocycles. The lowest BCUT2D eigenvalue weighted by molar-refractivity contribution is -0.185. The predicted octanol–water partition coefficient (Wildman–Crippen LogP) is 0.636. The van der Waals surface area contributed by atoms with Crippen molar-refractivity contribution in [3.63, 3.8) is 0 Å². The van der Waals surface area contributed by atoms with Crippen LogP contribution < -0.4 is 0 Å². The van der Waals surface area contributed by atoms with Crippen molar-refractivity contribution >= 4 is 0 Å². The first kappa shape index (κ1) is 8.83. The monoisotopic (exact) mass is 200 g/mol. The highest BCUT2D eigenvalue weighted by atomic mass is 19.1. The van der Waals surface area contributed by atoms with Crippen LogP contribution in [0.4, 0.5) is 4.39 Å². The van der Waals surface area contributed by atoms with Crippen LogP contribution in [0.3, 0.4) is 0 Å². The van der Waals surface area contributed by atoms with Crippen molar-refractivity contribution in [2.24, 2.45) is 11.8 Å². The van der Waals surface area contributed by atoms with Crippen LogP contribution >= 0.6 is 0 Å². The smallest absolute Gasteiger partial charge is 0.178 e. The van der Waals surface area contributed by atoms with E-state index in [9.17, 15) is 4.39 Å². The van der Waals surface area contributed by atoms with E-state index in [4.69, 9.17) is 14.6 Å². The van der Waals surface area contributed by atoms with Gasteiger partial charge in [0.15, 0.2) is 11.5 Å². The number of rotatable bonds is 1. The van der Waals surface area contributed by atoms with E-state index in [-0.39, 0.29) is 5.92 Å². The Balaban J connectivity index is 1.98. The molecule has 3 aliphatic rings. The van der Waals surface area contributed by atoms with Gasteiger partial charge in [-0.1, -0.05) is 12.2 Å². The molecule has 78 valence electrons. The van der Waals surface area contributed by atoms with Gasteiger partial charge in [0.1, 0.15) is 0 Å². The van der Waals surface area contributed by atoms with Gasteiger partial charge in [0.2, 0.25) is 0 Å². The Bertz CT molecular complexity index is 285. The van der Waals surface area contributed by atoms with Crippen molar-refractivity contribution in [3.05, 3.63) is 12.2 Å². The summed E-state index contributed by atoms with van der Waals surface area (Å²) in [6.45, 7) is 0.598. The minimum absolute atomic E-state index is 0.254. The molecule has 0 aromatic heterocycles. The average molecular weight is 200 g/mol. The second kappa shape index (κ2) is 2.56. The first-order chi connectivity index (χ1) is 6.71. The third-order valence-electron chi connectivity index (χ3n) is 3.67. The zero-order chi connectivity index (χ0) is 9.81. The zero-order valence-corrected chi connectivity index (χ0v) is 7.78. The molecule has 1 spiro atoms. The Morgan fingerprint density at radius 3 is 2.64 bits per heavy atom. The van der Waals surface area contributed by atoms with Crippen molar-refractivity contribution in [2.75, 3.05) is 19.8 Å². The highest BCUT2D eigenvalue weighted by Crippen LogP contribution is 2.58. The Kier molecular flexibility index (Phi) is 1.62. The average Bonchev–Trinajstić information content (AvgIpc) is 2.82. The quantitative estimate of drug-likeness (QED) is 0.631. The molecule has 1 heterocycles. The lowest BCUT2D eigenvalue weighted by atomic mass is 9.92. The maximum Gasteiger partial charge on any atom is 0.178 e. The summed E-state index contributed by atoms with van der Waals surface area (Å²) in [5.41, 5.74) is -1.57. The lowest BCUT2D eigenvalue weighted by Crippen LogP contribution is -2.42. The van der Waals surface area contributed by atoms with Gasteiger partial charge in [-0.3, -0.25) is 0 Å². The van der Waals surface area contributed by atoms with Crippen LogP contribution in [0, 0.1) is 11.8 Å². The molecule has 2 bridgehead atoms. The molecule has 3 unspecified atom stereocenters. The number of halogens is 1. The van der Waals surface area contributed by atoms with E-state index in [1.165, 1.54) is 0 Å². The highest BCUT2D eigenvalue weighted by molar-refractivity contribution is 5.26. The number of alkyl halides is 1. The van der Waals surface area contributed by atoms with Gasteiger partial charge in [-0.25, -0.2) is 4.39 Å². The maximum absolute atomic E-state index is 14.3. The van der Waals surface area contributed by atoms with Gasteiger partial charge >= 0.3 is 0 Å². The topological polar surface area (TPSA) is 38.7 Å². The maximum atomic E-state index is 14.3. The fourth-order valence-corrected chi connectivity index (χ4v) is 2.96. The molecule has 4 heteroatoms. The molecule has 3 atom stereocenters. The number of allylic oxidation sites excluding steroid dienone is 1. The molecule has 1 saturated heterocycles. The largest absolute Gasteiger partial charge is 0.393 e. The number of aliphatic hydroxyl groups excluding tert-OH is 1. The molecule has 3 nitrogen and oxygen atoms in total. The number of aliphatic hydroxyl groups is 1. The van der Waals surface area contributed by atoms with Crippen molar-refractivity contribution in [3.8, 4) is 0 Å². The zero-order valence-electron chi connectivity index (χ0n) is 7.78. The Morgan fingerprint density at radius 2 is 2.07 bits per heavy atom. The Labute approximate surface area is 81.5 Å². The third-order valence-corrected chi connectivity index (χ3v) is 3.67. The molecular formula is C10H13FO3. The van der Waals surface area contributed by atoms with Gasteiger partial charge in [0.05, 0.1) is 25.7 Å². The van der Waals surface area contributed by atoms with Gasteiger partial charge in [-0.05, 0) is 0 Å². The van der Waals surface area contributed by atoms with Crippen molar-refractivity contribution < 1.29 is 19.0 Å². The molecule has 1 saturated carbocycles. The van der Waals surface area contributed by atoms with Gasteiger partial charge in [-0.2, -0.15) is 0 Å². The minimum atomic E-state index is -1.57. The number of fused-ring (bicyclic) bond motifs is 3. The van der Waals surface area contributed by atoms with E-state index < -0.39 is 24.0 Å². The van der Waals surface area contributed by atoms with E-state index in [2.05, 4.69) is 0 Å². The van der Waals surface area contributed by atoms with Gasteiger partial charge < -0.3 is 14.6 Å². The SMILES string of the molecule is OCC1(F)C2C=CC1C1(C2)OCCO1. The standard InChI is InChI=1S/C10H13FO3/c11-9(6-12)7-1-2-8(9)10(5-7)13-3-4-14-10/h1-2,7-8,12H,3-6H2. The van der Waals surface area contributed by atoms with Crippen LogP contribution in [-0.2, 0) is 9.47 Å². The van der Waals surface area contributed by atoms with Crippen molar-refractivity contribution in [1.29, 1.82) is 0 Å². The first-order valence-electron chi connectivity index (χ1n) is 4.97. The van der Waals surface area contributed by atoms with E-state index in [1.807, 2.05) is 6.08 Å². The summed E-state index contributed by atoms with van der Waals surface area (Å²) >= 11 is 0. The molecule has 2 fully saturated rings. The fraction of sp³-hybridized carbons (Fsp3) is 0.800. The summed E-state index contributed by atoms with van der Waals surface area (Å²) in [4.78, 5) is 0. The second-order valence-corrected chi connectivity index (χ2v) is 4.27. The van der Waals surface area contributed by atoms with E-state index in [1.54, 1.807) is 6.08 Å². The van der Waals surface area contributed by atoms with Crippen LogP contribution in [0.25, 0.3) is 0 Å². The van der Waals surface area contributed by atoms with Crippen LogP contribution in [0.15, 0.2) is 12.2 Å². The fourth-order valence-electron chi connectivity index (χ4n) is 2.96. The number of ether oxygens (including phenoxy) is 2. The summed E-state index contributed by atoms with van der Waals surface area (Å²) in [6, 6.07) is 0. The van der Waals surface area contributed by atoms with Crippen molar-refractivity contribution in [2.45, 2.75) is 17.9 Å². The summed E-state index contributed by atoms with van der Waals surface area (Å²) in [6.07, 6.45) is 4.15. The van der Waals surface area contributed by atoms with Gasteiger partial charge in [0.25, 0.3) is 0 Å². The number of hydrogen-bond acceptors (Lipinski definition) is 3. The van der Waals surface area contributed by atoms with E-state index >= 15 is 0 Å². The van der Waals surface area contributed by atoms with Crippen molar-refractivity contribution in [1.82, 2.24) is 0 Å². The lowest BCUT2D eigenvalue weighted by Gasteiger charge is -2.30. The summed E-state index contributed by atoms with van der Waals surface area (Å²) in [5, 5.41) is 9.12. The minimum Gasteiger partial charge on any atom is -0.393 e. The molecule has 0 aromatic rings. The molecule has 0 radical (unpaired) electrons. The molecule has 1 N–H and O–H groups in total. The van der Waals surface area contributed by atoms with Gasteiger partial charge in [0, 0.05) is 12.3 Å². The van der Waals surface area contributed by atoms with Crippen LogP contribution in [0.2, 0.25) is 0 Å². The van der Waals surface area contributed by atoms with Crippen LogP contribution in [0.5, 0.6) is 0 Å². The van der Waals surface area contributed by atoms with Crippen LogP contribution in [-0.4, -0.2) is 36.4 Å². The normalized spacial score (nSPS) is 48.1. The number of hydrogen-bond donors (Lipinski definition) is 1. The first-order valence-corrected chi connectivity index (χ1v) is 4.97. The third kappa shape index (κ3) is 0.822. The molecule has 2 aliphatic carbocycles. The van der Waals surface area contributed by atoms with Crippen LogP contribution in [0.1, 0.15) is 6.42 Å². The summed E-state index contributed by atoms with van der Waals surface area (Å²) in [5.74, 6) is -1.47. The summed E-state index contributed by atoms with van der Waals surface area (Å²) in [7, 11) is 0. The highest BCUT2D eigenvalue weighted by Gasteiger charge is 2.67. The Morgan fingerprint density at radius 1 is 1.36 bits per heavy atom. The summed E-state index contributed by atoms with van der Waals surface area (Å²) < 4.78 is 25.3. The molecule has 14 heavy (non-hydrogen) atoms. The molecule has 1 aliphatic heterocycles. The van der Waals surface area contributed by atoms with E-state index in [0.717, 1.165) is 0 Å². The van der Waals surface area contributed by atoms with Gasteiger partial charge in [-0.15, -0.1) is 0 Å². The Hall–Kier alpha value is -0.450. The molecular weight excluding hydrogens is 187 g/mol. The molecule has 0 amide bonds. The molecule has 3 rings (SSSR count). The predicted molar refractivity (Wildman–Crippen MR) is 46.3 cm³/mol. The second-order valence-electron chi connectivity index (χ2n) is 4.27. The van der Waals surface area contributed by atoms with E-state index in [0.29, 0.717) is 19.6 Å².